The molecule has 0 saturated heterocycles. The maximum absolute atomic E-state index is 6.50. The molecule has 0 N–H and O–H groups in total. The van der Waals surface area contributed by atoms with E-state index in [2.05, 4.69) is 97.4 Å². The van der Waals surface area contributed by atoms with Crippen molar-refractivity contribution in [1.29, 1.82) is 0 Å². The quantitative estimate of drug-likeness (QED) is 0.114. The Morgan fingerprint density at radius 3 is 2.55 bits per heavy atom. The topological polar surface area (TPSA) is 54.1 Å². The maximum Gasteiger partial charge on any atom is 2.00 e. The fraction of sp³-hybridized carbons (Fsp3) is 0.300. The van der Waals surface area contributed by atoms with Crippen LogP contribution >= 0.6 is 0 Å². The number of ether oxygens (including phenoxy) is 2. The average molecular weight is 804 g/mol. The Labute approximate surface area is 291 Å². The molecule has 6 nitrogen and oxygen atoms in total. The summed E-state index contributed by atoms with van der Waals surface area (Å²) in [5.41, 5.74) is 9.07. The van der Waals surface area contributed by atoms with Gasteiger partial charge in [-0.15, -0.1) is 35.7 Å². The number of benzene rings is 3. The molecule has 47 heavy (non-hydrogen) atoms. The van der Waals surface area contributed by atoms with E-state index in [0.29, 0.717) is 23.3 Å². The molecule has 7 rings (SSSR count). The molecule has 1 aliphatic rings. The third kappa shape index (κ3) is 5.93. The first-order valence-electron chi connectivity index (χ1n) is 16.3. The van der Waals surface area contributed by atoms with Crippen LogP contribution in [-0.4, -0.2) is 26.4 Å². The molecule has 3 aromatic heterocycles. The van der Waals surface area contributed by atoms with Crippen molar-refractivity contribution >= 4 is 21.8 Å². The van der Waals surface area contributed by atoms with Gasteiger partial charge in [-0.25, -0.2) is 4.98 Å². The molecule has 0 bridgehead atoms. The summed E-state index contributed by atoms with van der Waals surface area (Å²) < 4.78 is 16.2. The summed E-state index contributed by atoms with van der Waals surface area (Å²) in [5, 5.41) is 7.28. The number of hydrogen-bond donors (Lipinski definition) is 0. The summed E-state index contributed by atoms with van der Waals surface area (Å²) in [5.74, 6) is 3.79. The van der Waals surface area contributed by atoms with Crippen LogP contribution in [0.1, 0.15) is 68.0 Å². The zero-order valence-corrected chi connectivity index (χ0v) is 30.1. The van der Waals surface area contributed by atoms with Crippen molar-refractivity contribution < 1.29 is 30.5 Å². The number of methoxy groups -OCH3 is 1. The molecular weight excluding hydrogens is 764 g/mol. The average Bonchev–Trinajstić information content (AvgIpc) is 3.56. The van der Waals surface area contributed by atoms with Crippen molar-refractivity contribution in [3.05, 3.63) is 113 Å². The Morgan fingerprint density at radius 1 is 0.936 bits per heavy atom. The second-order valence-corrected chi connectivity index (χ2v) is 12.4. The van der Waals surface area contributed by atoms with Crippen LogP contribution in [0.4, 0.5) is 0 Å². The number of nitrogens with zero attached hydrogens (tertiary/aromatic N) is 4. The molecule has 0 aliphatic heterocycles. The van der Waals surface area contributed by atoms with Crippen molar-refractivity contribution in [3.8, 4) is 28.8 Å². The van der Waals surface area contributed by atoms with Gasteiger partial charge in [0.05, 0.1) is 12.8 Å². The van der Waals surface area contributed by atoms with Gasteiger partial charge in [0, 0.05) is 46.5 Å². The first-order chi connectivity index (χ1) is 22.4. The number of para-hydroxylation sites is 1. The van der Waals surface area contributed by atoms with E-state index in [1.54, 1.807) is 18.9 Å². The number of aromatic nitrogens is 4. The largest absolute Gasteiger partial charge is 2.00 e. The molecule has 3 heterocycles. The second kappa shape index (κ2) is 13.5. The molecule has 1 unspecified atom stereocenters. The Hall–Kier alpha value is -4.15. The normalized spacial score (nSPS) is 16.3. The zero-order chi connectivity index (χ0) is 31.9. The van der Waals surface area contributed by atoms with E-state index in [1.807, 2.05) is 30.3 Å². The third-order valence-electron chi connectivity index (χ3n) is 9.57. The predicted octanol–water partition coefficient (Wildman–Crippen LogP) is 9.93. The summed E-state index contributed by atoms with van der Waals surface area (Å²) >= 11 is 0. The van der Waals surface area contributed by atoms with Gasteiger partial charge in [0.25, 0.3) is 0 Å². The maximum atomic E-state index is 6.50. The van der Waals surface area contributed by atoms with E-state index in [9.17, 15) is 0 Å². The van der Waals surface area contributed by atoms with Crippen LogP contribution in [-0.2, 0) is 21.1 Å². The van der Waals surface area contributed by atoms with Gasteiger partial charge in [-0.05, 0) is 62.2 Å². The van der Waals surface area contributed by atoms with E-state index < -0.39 is 0 Å². The van der Waals surface area contributed by atoms with Crippen molar-refractivity contribution in [2.75, 3.05) is 7.11 Å². The first kappa shape index (κ1) is 32.8. The van der Waals surface area contributed by atoms with E-state index >= 15 is 0 Å². The molecule has 0 saturated carbocycles. The smallest absolute Gasteiger partial charge is 0.509 e. The van der Waals surface area contributed by atoms with Gasteiger partial charge < -0.3 is 14.0 Å². The molecule has 7 heteroatoms. The molecule has 1 aliphatic carbocycles. The molecule has 3 aromatic carbocycles. The minimum atomic E-state index is 0. The van der Waals surface area contributed by atoms with Crippen LogP contribution in [0, 0.1) is 38.8 Å². The van der Waals surface area contributed by atoms with E-state index in [1.165, 1.54) is 30.5 Å². The molecule has 0 amide bonds. The Balaban J connectivity index is 0.00000386. The van der Waals surface area contributed by atoms with E-state index in [0.717, 1.165) is 56.7 Å². The molecule has 242 valence electrons. The summed E-state index contributed by atoms with van der Waals surface area (Å²) in [6, 6.07) is 27.4. The number of hydrogen-bond acceptors (Lipinski definition) is 4. The first-order valence-corrected chi connectivity index (χ1v) is 16.3. The van der Waals surface area contributed by atoms with Gasteiger partial charge in [-0.2, -0.15) is 16.7 Å². The molecule has 0 fully saturated rings. The number of allylic oxidation sites excluding steroid dienone is 2. The molecule has 0 radical (unpaired) electrons. The summed E-state index contributed by atoms with van der Waals surface area (Å²) in [6.45, 7) is 11.0. The van der Waals surface area contributed by atoms with Crippen molar-refractivity contribution in [2.24, 2.45) is 5.92 Å². The minimum Gasteiger partial charge on any atom is -0.509 e. The van der Waals surface area contributed by atoms with Gasteiger partial charge in [0.1, 0.15) is 11.6 Å². The van der Waals surface area contributed by atoms with Crippen LogP contribution in [0.15, 0.2) is 78.5 Å². The van der Waals surface area contributed by atoms with Crippen LogP contribution in [0.2, 0.25) is 0 Å². The van der Waals surface area contributed by atoms with Crippen molar-refractivity contribution in [1.82, 2.24) is 19.3 Å². The van der Waals surface area contributed by atoms with E-state index in [4.69, 9.17) is 14.6 Å². The number of aryl methyl sites for hydroxylation is 2. The van der Waals surface area contributed by atoms with Gasteiger partial charge >= 0.3 is 21.1 Å². The minimum absolute atomic E-state index is 0. The fourth-order valence-corrected chi connectivity index (χ4v) is 7.41. The molecule has 6 aromatic rings. The van der Waals surface area contributed by atoms with Gasteiger partial charge in [0.15, 0.2) is 0 Å². The Kier molecular flexibility index (Phi) is 9.43. The van der Waals surface area contributed by atoms with Gasteiger partial charge in [-0.1, -0.05) is 62.6 Å². The second-order valence-electron chi connectivity index (χ2n) is 12.4. The van der Waals surface area contributed by atoms with Gasteiger partial charge in [0.2, 0.25) is 0 Å². The number of pyridine rings is 1. The molecule has 0 spiro atoms. The summed E-state index contributed by atoms with van der Waals surface area (Å²) in [4.78, 5) is 4.67. The number of fused-ring (bicyclic) bond motifs is 3. The Bertz CT molecular complexity index is 2110. The van der Waals surface area contributed by atoms with Crippen LogP contribution in [0.3, 0.4) is 0 Å². The van der Waals surface area contributed by atoms with Gasteiger partial charge in [-0.3, -0.25) is 4.68 Å². The monoisotopic (exact) mass is 803 g/mol. The standard InChI is InChI=1S/C40H40N4O2.Pt/c1-7-28-12-11-13-29(8-2)40(28)39-26(4)42-44(27(39)5)30-20-25(3)21-33(22-30)46-32-16-17-35-34-14-9-10-15-36(34)43(37(35)23-32)38-24-31(45-6)18-19-41-38;/h9-10,12,14-21,24,29,40H,7-8,11,13H2,1-6H3;/q-2;+2/t29-,40?;/m0./s1. The molecule has 2 atom stereocenters. The molecular formula is C40H40N4O2Pt. The fourth-order valence-electron chi connectivity index (χ4n) is 7.41. The zero-order valence-electron chi connectivity index (χ0n) is 27.8. The van der Waals surface area contributed by atoms with Crippen molar-refractivity contribution in [3.63, 3.8) is 0 Å². The van der Waals surface area contributed by atoms with Crippen molar-refractivity contribution in [2.45, 2.75) is 66.2 Å². The SMILES string of the molecule is CCC1=CCC[C@H](CC)C1c1c(C)nn(-c2[c-]c(Oc3[c-]c4c(cc3)c3ccccc3n4-c3cc(OC)ccn3)cc(C)c2)c1C.[Pt+2]. The third-order valence-corrected chi connectivity index (χ3v) is 9.57. The van der Waals surface area contributed by atoms with Crippen LogP contribution in [0.25, 0.3) is 33.3 Å². The number of rotatable bonds is 8. The van der Waals surface area contributed by atoms with Crippen LogP contribution < -0.4 is 9.47 Å². The van der Waals surface area contributed by atoms with E-state index in [-0.39, 0.29) is 21.1 Å². The predicted molar refractivity (Wildman–Crippen MR) is 185 cm³/mol. The van der Waals surface area contributed by atoms with Crippen LogP contribution in [0.5, 0.6) is 17.2 Å². The summed E-state index contributed by atoms with van der Waals surface area (Å²) in [7, 11) is 1.67. The Morgan fingerprint density at radius 2 is 1.77 bits per heavy atom. The summed E-state index contributed by atoms with van der Waals surface area (Å²) in [6.07, 6.45) is 8.89.